The molecule has 2 N–H and O–H groups in total. The van der Waals surface area contributed by atoms with E-state index in [4.69, 9.17) is 4.74 Å². The third kappa shape index (κ3) is 3.08. The number of rotatable bonds is 1. The van der Waals surface area contributed by atoms with E-state index in [-0.39, 0.29) is 6.09 Å². The largest absolute Gasteiger partial charge is 0.488 e. The van der Waals surface area contributed by atoms with Crippen molar-refractivity contribution in [2.75, 3.05) is 0 Å². The molecular weight excluding hydrogens is 245 g/mol. The van der Waals surface area contributed by atoms with Crippen LogP contribution in [0.2, 0.25) is 0 Å². The van der Waals surface area contributed by atoms with Gasteiger partial charge in [-0.1, -0.05) is 18.2 Å². The van der Waals surface area contributed by atoms with Crippen LogP contribution < -0.4 is 5.46 Å². The second-order valence-electron chi connectivity index (χ2n) is 5.69. The van der Waals surface area contributed by atoms with Gasteiger partial charge < -0.3 is 14.8 Å². The van der Waals surface area contributed by atoms with Crippen molar-refractivity contribution in [2.45, 2.75) is 39.5 Å². The smallest absolute Gasteiger partial charge is 0.444 e. The molecule has 0 saturated carbocycles. The van der Waals surface area contributed by atoms with E-state index in [0.717, 1.165) is 11.1 Å². The average Bonchev–Trinajstić information content (AvgIpc) is 2.69. The fraction of sp³-hybridized carbons (Fsp3) is 0.462. The summed E-state index contributed by atoms with van der Waals surface area (Å²) in [5.74, 6) is 0. The molecule has 2 rings (SSSR count). The first-order valence-electron chi connectivity index (χ1n) is 6.22. The lowest BCUT2D eigenvalue weighted by molar-refractivity contribution is 0.0242. The number of hydrogen-bond acceptors (Lipinski definition) is 4. The fourth-order valence-electron chi connectivity index (χ4n) is 2.15. The quantitative estimate of drug-likeness (QED) is 0.728. The van der Waals surface area contributed by atoms with Gasteiger partial charge in [-0.2, -0.15) is 0 Å². The number of hydrogen-bond donors (Lipinski definition) is 2. The second kappa shape index (κ2) is 4.87. The van der Waals surface area contributed by atoms with Crippen LogP contribution in [-0.2, 0) is 17.8 Å². The van der Waals surface area contributed by atoms with Crippen molar-refractivity contribution in [3.63, 3.8) is 0 Å². The Bertz CT molecular complexity index is 496. The van der Waals surface area contributed by atoms with Gasteiger partial charge in [0.1, 0.15) is 5.60 Å². The Morgan fingerprint density at radius 3 is 2.58 bits per heavy atom. The number of nitrogens with zero attached hydrogens (tertiary/aromatic N) is 1. The van der Waals surface area contributed by atoms with Gasteiger partial charge in [-0.05, 0) is 37.4 Å². The lowest BCUT2D eigenvalue weighted by Crippen LogP contribution is -2.35. The van der Waals surface area contributed by atoms with Crippen LogP contribution in [0.1, 0.15) is 31.9 Å². The molecule has 102 valence electrons. The van der Waals surface area contributed by atoms with E-state index >= 15 is 0 Å². The Labute approximate surface area is 112 Å². The Morgan fingerprint density at radius 1 is 1.32 bits per heavy atom. The van der Waals surface area contributed by atoms with Gasteiger partial charge in [0, 0.05) is 13.1 Å². The van der Waals surface area contributed by atoms with Crippen LogP contribution in [-0.4, -0.2) is 33.8 Å². The van der Waals surface area contributed by atoms with E-state index in [2.05, 4.69) is 0 Å². The maximum Gasteiger partial charge on any atom is 0.488 e. The summed E-state index contributed by atoms with van der Waals surface area (Å²) in [6.45, 7) is 6.23. The number of ether oxygens (including phenoxy) is 1. The zero-order valence-corrected chi connectivity index (χ0v) is 11.4. The van der Waals surface area contributed by atoms with Crippen LogP contribution in [0.25, 0.3) is 0 Å². The first kappa shape index (κ1) is 13.9. The van der Waals surface area contributed by atoms with E-state index in [9.17, 15) is 14.8 Å². The molecule has 0 bridgehead atoms. The Balaban J connectivity index is 2.16. The zero-order valence-electron chi connectivity index (χ0n) is 11.4. The predicted molar refractivity (Wildman–Crippen MR) is 71.7 cm³/mol. The van der Waals surface area contributed by atoms with Crippen molar-refractivity contribution in [2.24, 2.45) is 0 Å². The highest BCUT2D eigenvalue weighted by Gasteiger charge is 2.30. The first-order chi connectivity index (χ1) is 8.78. The molecule has 1 aromatic carbocycles. The minimum absolute atomic E-state index is 0.345. The SMILES string of the molecule is CC(C)(C)OC(=O)N1Cc2cccc(B(O)O)c2C1. The molecule has 1 aromatic rings. The molecular formula is C13H18BNO4. The molecule has 1 amide bonds. The Morgan fingerprint density at radius 2 is 2.00 bits per heavy atom. The van der Waals surface area contributed by atoms with Crippen LogP contribution in [0.3, 0.4) is 0 Å². The van der Waals surface area contributed by atoms with Gasteiger partial charge in [-0.3, -0.25) is 4.90 Å². The van der Waals surface area contributed by atoms with Gasteiger partial charge >= 0.3 is 13.2 Å². The Kier molecular flexibility index (Phi) is 3.56. The van der Waals surface area contributed by atoms with Crippen molar-refractivity contribution in [1.29, 1.82) is 0 Å². The summed E-state index contributed by atoms with van der Waals surface area (Å²) in [5.41, 5.74) is 1.63. The van der Waals surface area contributed by atoms with Crippen molar-refractivity contribution < 1.29 is 19.6 Å². The summed E-state index contributed by atoms with van der Waals surface area (Å²) in [5, 5.41) is 18.6. The van der Waals surface area contributed by atoms with Crippen molar-refractivity contribution in [1.82, 2.24) is 4.90 Å². The monoisotopic (exact) mass is 263 g/mol. The molecule has 0 spiro atoms. The van der Waals surface area contributed by atoms with Crippen LogP contribution in [0.4, 0.5) is 4.79 Å². The van der Waals surface area contributed by atoms with Crippen LogP contribution >= 0.6 is 0 Å². The standard InChI is InChI=1S/C13H18BNO4/c1-13(2,3)19-12(16)15-7-9-5-4-6-11(14(17)18)10(9)8-15/h4-6,17-18H,7-8H2,1-3H3. The number of amides is 1. The van der Waals surface area contributed by atoms with Crippen molar-refractivity contribution in [3.05, 3.63) is 29.3 Å². The molecule has 6 heteroatoms. The van der Waals surface area contributed by atoms with E-state index in [1.807, 2.05) is 26.8 Å². The normalized spacial score (nSPS) is 14.3. The number of carbonyl (C=O) groups excluding carboxylic acids is 1. The molecule has 0 saturated heterocycles. The molecule has 5 nitrogen and oxygen atoms in total. The molecule has 19 heavy (non-hydrogen) atoms. The number of carbonyl (C=O) groups is 1. The highest BCUT2D eigenvalue weighted by Crippen LogP contribution is 2.23. The van der Waals surface area contributed by atoms with Crippen molar-refractivity contribution >= 4 is 18.7 Å². The highest BCUT2D eigenvalue weighted by atomic mass is 16.6. The summed E-state index contributed by atoms with van der Waals surface area (Å²) in [7, 11) is -1.52. The fourth-order valence-corrected chi connectivity index (χ4v) is 2.15. The lowest BCUT2D eigenvalue weighted by Gasteiger charge is -2.24. The molecule has 0 aliphatic carbocycles. The molecule has 1 heterocycles. The summed E-state index contributed by atoms with van der Waals surface area (Å²) in [4.78, 5) is 13.5. The van der Waals surface area contributed by atoms with Gasteiger partial charge in [0.25, 0.3) is 0 Å². The van der Waals surface area contributed by atoms with Crippen LogP contribution in [0.15, 0.2) is 18.2 Å². The Hall–Kier alpha value is -1.53. The maximum absolute atomic E-state index is 12.0. The molecule has 1 aliphatic rings. The molecule has 0 fully saturated rings. The summed E-state index contributed by atoms with van der Waals surface area (Å²) in [6.07, 6.45) is -0.387. The number of benzene rings is 1. The van der Waals surface area contributed by atoms with Gasteiger partial charge in [-0.15, -0.1) is 0 Å². The summed E-state index contributed by atoms with van der Waals surface area (Å²) >= 11 is 0. The number of fused-ring (bicyclic) bond motifs is 1. The lowest BCUT2D eigenvalue weighted by atomic mass is 9.76. The third-order valence-corrected chi connectivity index (χ3v) is 2.95. The zero-order chi connectivity index (χ0) is 14.2. The summed E-state index contributed by atoms with van der Waals surface area (Å²) in [6, 6.07) is 5.29. The van der Waals surface area contributed by atoms with E-state index in [1.165, 1.54) is 0 Å². The molecule has 0 radical (unpaired) electrons. The van der Waals surface area contributed by atoms with Gasteiger partial charge in [0.2, 0.25) is 0 Å². The van der Waals surface area contributed by atoms with Gasteiger partial charge in [0.05, 0.1) is 0 Å². The third-order valence-electron chi connectivity index (χ3n) is 2.95. The van der Waals surface area contributed by atoms with Gasteiger partial charge in [0.15, 0.2) is 0 Å². The van der Waals surface area contributed by atoms with Crippen molar-refractivity contribution in [3.8, 4) is 0 Å². The minimum Gasteiger partial charge on any atom is -0.444 e. The van der Waals surface area contributed by atoms with Gasteiger partial charge in [-0.25, -0.2) is 4.79 Å². The highest BCUT2D eigenvalue weighted by molar-refractivity contribution is 6.59. The molecule has 0 aromatic heterocycles. The van der Waals surface area contributed by atoms with Crippen LogP contribution in [0.5, 0.6) is 0 Å². The average molecular weight is 263 g/mol. The molecule has 0 unspecified atom stereocenters. The van der Waals surface area contributed by atoms with E-state index < -0.39 is 12.7 Å². The minimum atomic E-state index is -1.52. The van der Waals surface area contributed by atoms with Crippen LogP contribution in [0, 0.1) is 0 Å². The summed E-state index contributed by atoms with van der Waals surface area (Å²) < 4.78 is 5.32. The van der Waals surface area contributed by atoms with E-state index in [0.29, 0.717) is 18.6 Å². The maximum atomic E-state index is 12.0. The first-order valence-corrected chi connectivity index (χ1v) is 6.22. The second-order valence-corrected chi connectivity index (χ2v) is 5.69. The molecule has 0 atom stereocenters. The van der Waals surface area contributed by atoms with E-state index in [1.54, 1.807) is 17.0 Å². The predicted octanol–water partition coefficient (Wildman–Crippen LogP) is 0.617. The molecule has 1 aliphatic heterocycles. The topological polar surface area (TPSA) is 70.0 Å².